The summed E-state index contributed by atoms with van der Waals surface area (Å²) in [6.45, 7) is 5.35. The molecule has 0 radical (unpaired) electrons. The molecule has 1 heterocycles. The normalized spacial score (nSPS) is 11.2. The molecule has 1 aromatic heterocycles. The first-order chi connectivity index (χ1) is 11.1. The molecular formula is C17H20N2O5. The average Bonchev–Trinajstić information content (AvgIpc) is 2.50. The third-order valence-corrected chi connectivity index (χ3v) is 3.29. The number of benzene rings is 1. The molecular weight excluding hydrogens is 312 g/mol. The van der Waals surface area contributed by atoms with E-state index in [1.807, 2.05) is 0 Å². The number of rotatable bonds is 2. The second-order valence-electron chi connectivity index (χ2n) is 6.31. The van der Waals surface area contributed by atoms with Crippen molar-refractivity contribution in [3.8, 4) is 0 Å². The maximum absolute atomic E-state index is 12.1. The minimum atomic E-state index is -0.701. The van der Waals surface area contributed by atoms with E-state index in [2.05, 4.69) is 9.72 Å². The fourth-order valence-corrected chi connectivity index (χ4v) is 2.10. The van der Waals surface area contributed by atoms with E-state index in [0.29, 0.717) is 16.6 Å². The van der Waals surface area contributed by atoms with Gasteiger partial charge in [-0.15, -0.1) is 0 Å². The summed E-state index contributed by atoms with van der Waals surface area (Å²) in [6.07, 6.45) is -0.504. The molecule has 2 aromatic rings. The number of pyridine rings is 1. The first-order valence-corrected chi connectivity index (χ1v) is 7.34. The Morgan fingerprint density at radius 3 is 2.42 bits per heavy atom. The molecule has 7 heteroatoms. The molecule has 0 aliphatic rings. The zero-order valence-electron chi connectivity index (χ0n) is 14.3. The number of aromatic amines is 1. The van der Waals surface area contributed by atoms with Crippen LogP contribution < -0.4 is 10.5 Å². The molecule has 0 saturated carbocycles. The number of esters is 1. The Morgan fingerprint density at radius 2 is 1.83 bits per heavy atom. The van der Waals surface area contributed by atoms with E-state index in [0.717, 1.165) is 0 Å². The number of ether oxygens (including phenoxy) is 2. The Morgan fingerprint density at radius 1 is 1.17 bits per heavy atom. The van der Waals surface area contributed by atoms with Crippen molar-refractivity contribution < 1.29 is 19.1 Å². The van der Waals surface area contributed by atoms with E-state index in [9.17, 15) is 14.4 Å². The summed E-state index contributed by atoms with van der Waals surface area (Å²) >= 11 is 0. The predicted octanol–water partition coefficient (Wildman–Crippen LogP) is 2.69. The van der Waals surface area contributed by atoms with Gasteiger partial charge in [0.05, 0.1) is 12.6 Å². The van der Waals surface area contributed by atoms with Gasteiger partial charge in [-0.2, -0.15) is 0 Å². The summed E-state index contributed by atoms with van der Waals surface area (Å²) < 4.78 is 9.89. The Hall–Kier alpha value is -2.83. The molecule has 7 nitrogen and oxygen atoms in total. The summed E-state index contributed by atoms with van der Waals surface area (Å²) in [5.74, 6) is -0.701. The lowest BCUT2D eigenvalue weighted by atomic mass is 10.1. The van der Waals surface area contributed by atoms with Crippen molar-refractivity contribution in [1.82, 2.24) is 4.98 Å². The van der Waals surface area contributed by atoms with Gasteiger partial charge in [0, 0.05) is 12.7 Å². The summed E-state index contributed by atoms with van der Waals surface area (Å²) in [7, 11) is 2.79. The van der Waals surface area contributed by atoms with E-state index in [4.69, 9.17) is 4.74 Å². The number of carbonyl (C=O) groups is 2. The summed E-state index contributed by atoms with van der Waals surface area (Å²) in [5.41, 5.74) is -0.171. The van der Waals surface area contributed by atoms with Gasteiger partial charge < -0.3 is 14.5 Å². The summed E-state index contributed by atoms with van der Waals surface area (Å²) in [4.78, 5) is 39.6. The van der Waals surface area contributed by atoms with Crippen molar-refractivity contribution in [2.45, 2.75) is 26.4 Å². The standard InChI is InChI=1S/C17H20N2O5/c1-17(2,3)24-16(22)19(4)11-7-6-10-8-12(15(21)23-5)14(20)18-13(10)9-11/h6-9H,1-5H3,(H,18,20). The molecule has 1 N–H and O–H groups in total. The number of amides is 1. The second-order valence-corrected chi connectivity index (χ2v) is 6.31. The predicted molar refractivity (Wildman–Crippen MR) is 90.5 cm³/mol. The zero-order chi connectivity index (χ0) is 18.1. The molecule has 1 aromatic carbocycles. The fourth-order valence-electron chi connectivity index (χ4n) is 2.10. The highest BCUT2D eigenvalue weighted by molar-refractivity contribution is 5.95. The van der Waals surface area contributed by atoms with Crippen molar-refractivity contribution in [2.24, 2.45) is 0 Å². The number of fused-ring (bicyclic) bond motifs is 1. The number of H-pyrrole nitrogens is 1. The first-order valence-electron chi connectivity index (χ1n) is 7.34. The highest BCUT2D eigenvalue weighted by atomic mass is 16.6. The van der Waals surface area contributed by atoms with Crippen molar-refractivity contribution in [3.63, 3.8) is 0 Å². The van der Waals surface area contributed by atoms with Crippen LogP contribution in [0.4, 0.5) is 10.5 Å². The molecule has 0 spiro atoms. The van der Waals surface area contributed by atoms with E-state index < -0.39 is 23.2 Å². The van der Waals surface area contributed by atoms with Gasteiger partial charge in [-0.1, -0.05) is 6.07 Å². The van der Waals surface area contributed by atoms with Crippen LogP contribution in [0, 0.1) is 0 Å². The Labute approximate surface area is 139 Å². The number of nitrogens with one attached hydrogen (secondary N) is 1. The van der Waals surface area contributed by atoms with Crippen LogP contribution in [0.25, 0.3) is 10.9 Å². The van der Waals surface area contributed by atoms with Crippen molar-refractivity contribution >= 4 is 28.7 Å². The second kappa shape index (κ2) is 6.35. The maximum atomic E-state index is 12.1. The smallest absolute Gasteiger partial charge is 0.414 e. The van der Waals surface area contributed by atoms with Crippen LogP contribution in [0.3, 0.4) is 0 Å². The fraction of sp³-hybridized carbons (Fsp3) is 0.353. The van der Waals surface area contributed by atoms with Gasteiger partial charge in [-0.05, 0) is 44.4 Å². The van der Waals surface area contributed by atoms with Gasteiger partial charge in [0.1, 0.15) is 11.2 Å². The number of nitrogens with zero attached hydrogens (tertiary/aromatic N) is 1. The minimum Gasteiger partial charge on any atom is -0.465 e. The molecule has 0 saturated heterocycles. The number of aromatic nitrogens is 1. The van der Waals surface area contributed by atoms with Crippen LogP contribution in [0.1, 0.15) is 31.1 Å². The number of carbonyl (C=O) groups excluding carboxylic acids is 2. The maximum Gasteiger partial charge on any atom is 0.414 e. The molecule has 0 aliphatic heterocycles. The molecule has 0 bridgehead atoms. The number of anilines is 1. The lowest BCUT2D eigenvalue weighted by Gasteiger charge is -2.24. The van der Waals surface area contributed by atoms with Gasteiger partial charge in [-0.25, -0.2) is 9.59 Å². The zero-order valence-corrected chi connectivity index (χ0v) is 14.3. The van der Waals surface area contributed by atoms with E-state index in [1.165, 1.54) is 18.1 Å². The van der Waals surface area contributed by atoms with Gasteiger partial charge in [0.15, 0.2) is 0 Å². The Bertz CT molecular complexity index is 848. The molecule has 0 unspecified atom stereocenters. The third-order valence-electron chi connectivity index (χ3n) is 3.29. The van der Waals surface area contributed by atoms with Crippen LogP contribution in [0.15, 0.2) is 29.1 Å². The lowest BCUT2D eigenvalue weighted by Crippen LogP contribution is -2.34. The molecule has 24 heavy (non-hydrogen) atoms. The highest BCUT2D eigenvalue weighted by Gasteiger charge is 2.21. The molecule has 0 atom stereocenters. The van der Waals surface area contributed by atoms with Crippen LogP contribution in [0.5, 0.6) is 0 Å². The van der Waals surface area contributed by atoms with Crippen molar-refractivity contribution in [1.29, 1.82) is 0 Å². The Balaban J connectivity index is 2.40. The molecule has 1 amide bonds. The number of hydrogen-bond acceptors (Lipinski definition) is 5. The summed E-state index contributed by atoms with van der Waals surface area (Å²) in [5, 5.41) is 0.649. The average molecular weight is 332 g/mol. The SMILES string of the molecule is COC(=O)c1cc2ccc(N(C)C(=O)OC(C)(C)C)cc2[nH]c1=O. The van der Waals surface area contributed by atoms with Crippen LogP contribution >= 0.6 is 0 Å². The van der Waals surface area contributed by atoms with Crippen LogP contribution in [-0.2, 0) is 9.47 Å². The topological polar surface area (TPSA) is 88.7 Å². The van der Waals surface area contributed by atoms with Gasteiger partial charge in [0.25, 0.3) is 5.56 Å². The quantitative estimate of drug-likeness (QED) is 0.854. The van der Waals surface area contributed by atoms with E-state index in [1.54, 1.807) is 46.0 Å². The highest BCUT2D eigenvalue weighted by Crippen LogP contribution is 2.21. The molecule has 0 aliphatic carbocycles. The Kier molecular flexibility index (Phi) is 4.64. The molecule has 128 valence electrons. The van der Waals surface area contributed by atoms with Crippen molar-refractivity contribution in [2.75, 3.05) is 19.1 Å². The minimum absolute atomic E-state index is 0.0711. The van der Waals surface area contributed by atoms with Gasteiger partial charge in [0.2, 0.25) is 0 Å². The summed E-state index contributed by atoms with van der Waals surface area (Å²) in [6, 6.07) is 6.50. The van der Waals surface area contributed by atoms with Gasteiger partial charge >= 0.3 is 12.1 Å². The van der Waals surface area contributed by atoms with Crippen LogP contribution in [0.2, 0.25) is 0 Å². The first kappa shape index (κ1) is 17.5. The molecule has 2 rings (SSSR count). The van der Waals surface area contributed by atoms with Crippen molar-refractivity contribution in [3.05, 3.63) is 40.2 Å². The molecule has 0 fully saturated rings. The lowest BCUT2D eigenvalue weighted by molar-refractivity contribution is 0.0583. The van der Waals surface area contributed by atoms with E-state index >= 15 is 0 Å². The largest absolute Gasteiger partial charge is 0.465 e. The number of hydrogen-bond donors (Lipinski definition) is 1. The number of methoxy groups -OCH3 is 1. The van der Waals surface area contributed by atoms with Gasteiger partial charge in [-0.3, -0.25) is 9.69 Å². The van der Waals surface area contributed by atoms with E-state index in [-0.39, 0.29) is 5.56 Å². The van der Waals surface area contributed by atoms with Crippen LogP contribution in [-0.4, -0.2) is 36.8 Å². The third kappa shape index (κ3) is 3.73. The monoisotopic (exact) mass is 332 g/mol.